The number of anilines is 2. The summed E-state index contributed by atoms with van der Waals surface area (Å²) in [5.74, 6) is -6.95. The third-order valence-electron chi connectivity index (χ3n) is 4.98. The van der Waals surface area contributed by atoms with Gasteiger partial charge in [-0.15, -0.1) is 0 Å². The fourth-order valence-corrected chi connectivity index (χ4v) is 4.06. The van der Waals surface area contributed by atoms with Crippen molar-refractivity contribution in [1.29, 1.82) is 0 Å². The van der Waals surface area contributed by atoms with E-state index in [1.165, 1.54) is 13.2 Å². The molecule has 0 radical (unpaired) electrons. The molecule has 1 amide bonds. The first-order valence-corrected chi connectivity index (χ1v) is 11.9. The lowest BCUT2D eigenvalue weighted by Gasteiger charge is -2.15. The van der Waals surface area contributed by atoms with Crippen LogP contribution < -0.4 is 14.8 Å². The van der Waals surface area contributed by atoms with E-state index in [1.807, 2.05) is 5.32 Å². The van der Waals surface area contributed by atoms with Gasteiger partial charge in [0, 0.05) is 12.1 Å². The van der Waals surface area contributed by atoms with Gasteiger partial charge in [0.25, 0.3) is 21.6 Å². The maximum atomic E-state index is 13.8. The molecule has 0 aliphatic heterocycles. The second kappa shape index (κ2) is 11.2. The molecule has 3 aromatic rings. The van der Waals surface area contributed by atoms with Gasteiger partial charge in [0.05, 0.1) is 33.9 Å². The van der Waals surface area contributed by atoms with Gasteiger partial charge in [-0.05, 0) is 49.4 Å². The van der Waals surface area contributed by atoms with Crippen LogP contribution in [0.5, 0.6) is 5.75 Å². The van der Waals surface area contributed by atoms with Crippen LogP contribution in [-0.2, 0) is 19.6 Å². The molecule has 3 aromatic carbocycles. The van der Waals surface area contributed by atoms with E-state index < -0.39 is 56.1 Å². The number of nitro groups is 1. The minimum Gasteiger partial charge on any atom is -0.495 e. The van der Waals surface area contributed by atoms with Crippen LogP contribution in [0.25, 0.3) is 0 Å². The lowest BCUT2D eigenvalue weighted by atomic mass is 10.2. The van der Waals surface area contributed by atoms with Crippen LogP contribution >= 0.6 is 0 Å². The van der Waals surface area contributed by atoms with Gasteiger partial charge in [0.1, 0.15) is 5.75 Å². The number of halogens is 3. The molecule has 1 unspecified atom stereocenters. The van der Waals surface area contributed by atoms with Crippen LogP contribution in [-0.4, -0.2) is 38.4 Å². The molecule has 200 valence electrons. The SMILES string of the molecule is COc1ccc([N+](=O)[O-])cc1NS(=O)(=O)c1ccc(C(=O)OC(C)C(=O)Nc2ccc(F)c(F)c2F)cc1. The monoisotopic (exact) mass is 553 g/mol. The van der Waals surface area contributed by atoms with E-state index in [0.29, 0.717) is 6.07 Å². The van der Waals surface area contributed by atoms with Crippen LogP contribution in [0.15, 0.2) is 59.5 Å². The predicted octanol–water partition coefficient (Wildman–Crippen LogP) is 4.01. The maximum Gasteiger partial charge on any atom is 0.338 e. The summed E-state index contributed by atoms with van der Waals surface area (Å²) in [5.41, 5.74) is -1.40. The Balaban J connectivity index is 1.70. The number of ether oxygens (including phenoxy) is 2. The summed E-state index contributed by atoms with van der Waals surface area (Å²) in [5, 5.41) is 13.0. The smallest absolute Gasteiger partial charge is 0.338 e. The van der Waals surface area contributed by atoms with Crippen LogP contribution in [0.2, 0.25) is 0 Å². The molecule has 15 heteroatoms. The number of hydrogen-bond acceptors (Lipinski definition) is 8. The summed E-state index contributed by atoms with van der Waals surface area (Å²) in [6.07, 6.45) is -1.50. The van der Waals surface area contributed by atoms with Gasteiger partial charge in [-0.2, -0.15) is 0 Å². The fourth-order valence-electron chi connectivity index (χ4n) is 3.00. The van der Waals surface area contributed by atoms with Crippen LogP contribution in [0, 0.1) is 27.6 Å². The number of nitrogens with zero attached hydrogens (tertiary/aromatic N) is 1. The summed E-state index contributed by atoms with van der Waals surface area (Å²) < 4.78 is 77.8. The molecule has 1 atom stereocenters. The highest BCUT2D eigenvalue weighted by molar-refractivity contribution is 7.92. The number of hydrogen-bond donors (Lipinski definition) is 2. The maximum absolute atomic E-state index is 13.8. The third-order valence-corrected chi connectivity index (χ3v) is 6.37. The molecule has 0 fully saturated rings. The Hall–Kier alpha value is -4.66. The number of rotatable bonds is 9. The van der Waals surface area contributed by atoms with Crippen molar-refractivity contribution >= 4 is 39.0 Å². The van der Waals surface area contributed by atoms with Crippen LogP contribution in [0.3, 0.4) is 0 Å². The zero-order valence-electron chi connectivity index (χ0n) is 19.5. The third kappa shape index (κ3) is 6.18. The number of carbonyl (C=O) groups excluding carboxylic acids is 2. The zero-order chi connectivity index (χ0) is 28.2. The highest BCUT2D eigenvalue weighted by atomic mass is 32.2. The van der Waals surface area contributed by atoms with Gasteiger partial charge in [-0.3, -0.25) is 19.6 Å². The molecule has 0 bridgehead atoms. The van der Waals surface area contributed by atoms with Crippen molar-refractivity contribution in [2.45, 2.75) is 17.9 Å². The van der Waals surface area contributed by atoms with Crippen molar-refractivity contribution in [3.8, 4) is 5.75 Å². The molecule has 38 heavy (non-hydrogen) atoms. The van der Waals surface area contributed by atoms with Crippen LogP contribution in [0.1, 0.15) is 17.3 Å². The number of esters is 1. The topological polar surface area (TPSA) is 154 Å². The lowest BCUT2D eigenvalue weighted by molar-refractivity contribution is -0.384. The summed E-state index contributed by atoms with van der Waals surface area (Å²) in [4.78, 5) is 34.6. The van der Waals surface area contributed by atoms with Crippen molar-refractivity contribution in [3.05, 3.63) is 87.7 Å². The number of benzene rings is 3. The molecule has 0 aliphatic carbocycles. The Labute approximate surface area is 213 Å². The fraction of sp³-hybridized carbons (Fsp3) is 0.130. The van der Waals surface area contributed by atoms with E-state index in [-0.39, 0.29) is 27.6 Å². The molecular weight excluding hydrogens is 535 g/mol. The van der Waals surface area contributed by atoms with Gasteiger partial charge in [0.15, 0.2) is 23.6 Å². The highest BCUT2D eigenvalue weighted by Crippen LogP contribution is 2.31. The van der Waals surface area contributed by atoms with E-state index in [9.17, 15) is 41.3 Å². The van der Waals surface area contributed by atoms with Gasteiger partial charge < -0.3 is 14.8 Å². The largest absolute Gasteiger partial charge is 0.495 e. The van der Waals surface area contributed by atoms with Crippen molar-refractivity contribution in [2.24, 2.45) is 0 Å². The van der Waals surface area contributed by atoms with Crippen molar-refractivity contribution in [1.82, 2.24) is 0 Å². The predicted molar refractivity (Wildman–Crippen MR) is 127 cm³/mol. The van der Waals surface area contributed by atoms with Gasteiger partial charge in [-0.1, -0.05) is 0 Å². The first-order valence-electron chi connectivity index (χ1n) is 10.4. The van der Waals surface area contributed by atoms with Crippen molar-refractivity contribution in [3.63, 3.8) is 0 Å². The average Bonchev–Trinajstić information content (AvgIpc) is 2.88. The average molecular weight is 553 g/mol. The number of nitro benzene ring substituents is 1. The lowest BCUT2D eigenvalue weighted by Crippen LogP contribution is -2.30. The number of methoxy groups -OCH3 is 1. The minimum absolute atomic E-state index is 0.0231. The first kappa shape index (κ1) is 27.9. The van der Waals surface area contributed by atoms with E-state index >= 15 is 0 Å². The molecule has 11 nitrogen and oxygen atoms in total. The van der Waals surface area contributed by atoms with Crippen molar-refractivity contribution in [2.75, 3.05) is 17.1 Å². The van der Waals surface area contributed by atoms with E-state index in [2.05, 4.69) is 4.72 Å². The molecule has 0 saturated carbocycles. The van der Waals surface area contributed by atoms with Gasteiger partial charge >= 0.3 is 5.97 Å². The second-order valence-electron chi connectivity index (χ2n) is 7.53. The summed E-state index contributed by atoms with van der Waals surface area (Å²) in [6, 6.07) is 8.97. The van der Waals surface area contributed by atoms with E-state index in [4.69, 9.17) is 9.47 Å². The summed E-state index contributed by atoms with van der Waals surface area (Å²) >= 11 is 0. The molecule has 2 N–H and O–H groups in total. The normalized spacial score (nSPS) is 11.8. The van der Waals surface area contributed by atoms with Gasteiger partial charge in [0.2, 0.25) is 0 Å². The number of carbonyl (C=O) groups is 2. The first-order chi connectivity index (χ1) is 17.8. The summed E-state index contributed by atoms with van der Waals surface area (Å²) in [7, 11) is -3.03. The Morgan fingerprint density at radius 3 is 2.24 bits per heavy atom. The highest BCUT2D eigenvalue weighted by Gasteiger charge is 2.23. The quantitative estimate of drug-likeness (QED) is 0.174. The number of non-ortho nitro benzene ring substituents is 1. The van der Waals surface area contributed by atoms with Crippen molar-refractivity contribution < 1.29 is 45.6 Å². The zero-order valence-corrected chi connectivity index (χ0v) is 20.3. The Kier molecular flexibility index (Phi) is 8.20. The second-order valence-corrected chi connectivity index (χ2v) is 9.21. The standard InChI is InChI=1S/C23H18F3N3O8S/c1-12(22(30)27-17-9-8-16(24)20(25)21(17)26)37-23(31)13-3-6-15(7-4-13)38(34,35)28-18-11-14(29(32)33)5-10-19(18)36-2/h3-12,28H,1-2H3,(H,27,30). The Bertz CT molecular complexity index is 1520. The summed E-state index contributed by atoms with van der Waals surface area (Å²) in [6.45, 7) is 1.14. The molecule has 3 rings (SSSR count). The number of nitrogens with one attached hydrogen (secondary N) is 2. The molecule has 0 heterocycles. The molecular formula is C23H18F3N3O8S. The molecule has 0 aliphatic rings. The molecule has 0 spiro atoms. The Morgan fingerprint density at radius 1 is 0.974 bits per heavy atom. The molecule has 0 saturated heterocycles. The molecule has 0 aromatic heterocycles. The number of sulfonamides is 1. The Morgan fingerprint density at radius 2 is 1.63 bits per heavy atom. The van der Waals surface area contributed by atoms with Crippen LogP contribution in [0.4, 0.5) is 30.2 Å². The minimum atomic E-state index is -4.27. The van der Waals surface area contributed by atoms with Gasteiger partial charge in [-0.25, -0.2) is 26.4 Å². The van der Waals surface area contributed by atoms with E-state index in [1.54, 1.807) is 0 Å². The van der Waals surface area contributed by atoms with E-state index in [0.717, 1.165) is 49.4 Å². The number of amides is 1.